The van der Waals surface area contributed by atoms with Gasteiger partial charge in [-0.25, -0.2) is 0 Å². The highest BCUT2D eigenvalue weighted by atomic mass is 16.5. The Bertz CT molecular complexity index is 264. The molecule has 0 amide bonds. The van der Waals surface area contributed by atoms with Crippen LogP contribution in [0.15, 0.2) is 0 Å². The van der Waals surface area contributed by atoms with Crippen molar-refractivity contribution >= 4 is 5.97 Å². The topological polar surface area (TPSA) is 47.6 Å². The molecule has 1 fully saturated rings. The number of carbonyl (C=O) groups excluding carboxylic acids is 1. The third-order valence-electron chi connectivity index (χ3n) is 3.91. The van der Waals surface area contributed by atoms with E-state index in [-0.39, 0.29) is 5.97 Å². The van der Waals surface area contributed by atoms with Crippen LogP contribution >= 0.6 is 0 Å². The van der Waals surface area contributed by atoms with Gasteiger partial charge in [-0.05, 0) is 39.2 Å². The second-order valence-electron chi connectivity index (χ2n) is 5.63. The monoisotopic (exact) mass is 271 g/mol. The third-order valence-corrected chi connectivity index (χ3v) is 3.91. The molecule has 0 aromatic carbocycles. The molecule has 4 heteroatoms. The first-order valence-corrected chi connectivity index (χ1v) is 7.57. The van der Waals surface area contributed by atoms with Gasteiger partial charge in [0.1, 0.15) is 5.54 Å². The van der Waals surface area contributed by atoms with Crippen molar-refractivity contribution in [2.45, 2.75) is 70.4 Å². The summed E-state index contributed by atoms with van der Waals surface area (Å²) in [5.74, 6) is -0.201. The normalized spacial score (nSPS) is 19.9. The van der Waals surface area contributed by atoms with Crippen molar-refractivity contribution in [3.8, 4) is 0 Å². The van der Waals surface area contributed by atoms with Gasteiger partial charge < -0.3 is 14.8 Å². The minimum atomic E-state index is -0.626. The fraction of sp³-hybridized carbons (Fsp3) is 0.933. The predicted octanol–water partition coefficient (Wildman–Crippen LogP) is 2.66. The maximum atomic E-state index is 11.9. The molecule has 0 aromatic heterocycles. The van der Waals surface area contributed by atoms with Crippen molar-refractivity contribution in [1.29, 1.82) is 0 Å². The first kappa shape index (κ1) is 16.4. The second kappa shape index (κ2) is 8.54. The molecular formula is C15H29NO3. The molecule has 0 aliphatic heterocycles. The Morgan fingerprint density at radius 1 is 1.32 bits per heavy atom. The van der Waals surface area contributed by atoms with E-state index in [1.54, 1.807) is 0 Å². The molecule has 0 radical (unpaired) electrons. The first-order chi connectivity index (χ1) is 9.12. The van der Waals surface area contributed by atoms with Crippen LogP contribution in [-0.2, 0) is 14.3 Å². The summed E-state index contributed by atoms with van der Waals surface area (Å²) in [6.07, 6.45) is 8.25. The van der Waals surface area contributed by atoms with Gasteiger partial charge in [-0.3, -0.25) is 4.79 Å². The van der Waals surface area contributed by atoms with Gasteiger partial charge in [0.05, 0.1) is 13.2 Å². The summed E-state index contributed by atoms with van der Waals surface area (Å²) in [4.78, 5) is 11.9. The Balaban J connectivity index is 2.36. The Labute approximate surface area is 117 Å². The number of methoxy groups -OCH3 is 1. The SMILES string of the molecule is CCCNC(C)(CCOC1CCCCC1)C(=O)OC. The number of hydrogen-bond acceptors (Lipinski definition) is 4. The summed E-state index contributed by atoms with van der Waals surface area (Å²) in [5, 5.41) is 3.28. The van der Waals surface area contributed by atoms with Crippen LogP contribution in [-0.4, -0.2) is 37.9 Å². The maximum Gasteiger partial charge on any atom is 0.325 e. The van der Waals surface area contributed by atoms with Crippen LogP contribution in [0.3, 0.4) is 0 Å². The summed E-state index contributed by atoms with van der Waals surface area (Å²) in [7, 11) is 1.44. The number of hydrogen-bond donors (Lipinski definition) is 1. The Morgan fingerprint density at radius 3 is 2.58 bits per heavy atom. The molecule has 0 bridgehead atoms. The standard InChI is InChI=1S/C15H29NO3/c1-4-11-16-15(2,14(17)18-3)10-12-19-13-8-6-5-7-9-13/h13,16H,4-12H2,1-3H3. The van der Waals surface area contributed by atoms with Gasteiger partial charge in [-0.15, -0.1) is 0 Å². The van der Waals surface area contributed by atoms with E-state index in [2.05, 4.69) is 12.2 Å². The molecular weight excluding hydrogens is 242 g/mol. The highest BCUT2D eigenvalue weighted by Crippen LogP contribution is 2.21. The molecule has 19 heavy (non-hydrogen) atoms. The summed E-state index contributed by atoms with van der Waals surface area (Å²) >= 11 is 0. The fourth-order valence-electron chi connectivity index (χ4n) is 2.55. The summed E-state index contributed by atoms with van der Waals surface area (Å²) in [6, 6.07) is 0. The van der Waals surface area contributed by atoms with Crippen molar-refractivity contribution < 1.29 is 14.3 Å². The molecule has 1 saturated carbocycles. The fourth-order valence-corrected chi connectivity index (χ4v) is 2.55. The van der Waals surface area contributed by atoms with Crippen molar-refractivity contribution in [2.75, 3.05) is 20.3 Å². The molecule has 0 saturated heterocycles. The quantitative estimate of drug-likeness (QED) is 0.689. The van der Waals surface area contributed by atoms with Gasteiger partial charge in [0.2, 0.25) is 0 Å². The lowest BCUT2D eigenvalue weighted by atomic mass is 9.96. The minimum Gasteiger partial charge on any atom is -0.468 e. The van der Waals surface area contributed by atoms with Gasteiger partial charge in [0.15, 0.2) is 0 Å². The number of carbonyl (C=O) groups is 1. The Morgan fingerprint density at radius 2 is 2.00 bits per heavy atom. The van der Waals surface area contributed by atoms with E-state index in [9.17, 15) is 4.79 Å². The molecule has 0 aromatic rings. The zero-order valence-corrected chi connectivity index (χ0v) is 12.7. The highest BCUT2D eigenvalue weighted by molar-refractivity contribution is 5.80. The summed E-state index contributed by atoms with van der Waals surface area (Å²) in [6.45, 7) is 5.42. The van der Waals surface area contributed by atoms with Crippen molar-refractivity contribution in [1.82, 2.24) is 5.32 Å². The highest BCUT2D eigenvalue weighted by Gasteiger charge is 2.33. The molecule has 4 nitrogen and oxygen atoms in total. The van der Waals surface area contributed by atoms with Crippen LogP contribution in [0.2, 0.25) is 0 Å². The maximum absolute atomic E-state index is 11.9. The summed E-state index contributed by atoms with van der Waals surface area (Å²) < 4.78 is 10.8. The lowest BCUT2D eigenvalue weighted by molar-refractivity contribution is -0.149. The number of rotatable bonds is 8. The lowest BCUT2D eigenvalue weighted by Crippen LogP contribution is -2.51. The Kier molecular flexibility index (Phi) is 7.39. The van der Waals surface area contributed by atoms with E-state index in [0.29, 0.717) is 19.1 Å². The van der Waals surface area contributed by atoms with Crippen LogP contribution in [0, 0.1) is 0 Å². The first-order valence-electron chi connectivity index (χ1n) is 7.57. The summed E-state index contributed by atoms with van der Waals surface area (Å²) in [5.41, 5.74) is -0.626. The van der Waals surface area contributed by atoms with E-state index in [0.717, 1.165) is 25.8 Å². The molecule has 1 atom stereocenters. The van der Waals surface area contributed by atoms with Crippen LogP contribution < -0.4 is 5.32 Å². The van der Waals surface area contributed by atoms with Crippen LogP contribution in [0.1, 0.15) is 58.8 Å². The van der Waals surface area contributed by atoms with Crippen LogP contribution in [0.5, 0.6) is 0 Å². The molecule has 1 aliphatic carbocycles. The molecule has 1 aliphatic rings. The molecule has 1 rings (SSSR count). The van der Waals surface area contributed by atoms with E-state index >= 15 is 0 Å². The average molecular weight is 271 g/mol. The van der Waals surface area contributed by atoms with Gasteiger partial charge in [-0.2, -0.15) is 0 Å². The molecule has 0 spiro atoms. The average Bonchev–Trinajstić information content (AvgIpc) is 2.45. The molecule has 0 heterocycles. The van der Waals surface area contributed by atoms with E-state index in [4.69, 9.17) is 9.47 Å². The van der Waals surface area contributed by atoms with E-state index < -0.39 is 5.54 Å². The van der Waals surface area contributed by atoms with Gasteiger partial charge >= 0.3 is 5.97 Å². The predicted molar refractivity (Wildman–Crippen MR) is 76.2 cm³/mol. The van der Waals surface area contributed by atoms with Crippen molar-refractivity contribution in [3.63, 3.8) is 0 Å². The molecule has 112 valence electrons. The zero-order valence-electron chi connectivity index (χ0n) is 12.7. The minimum absolute atomic E-state index is 0.201. The van der Waals surface area contributed by atoms with Gasteiger partial charge in [-0.1, -0.05) is 26.2 Å². The lowest BCUT2D eigenvalue weighted by Gasteiger charge is -2.29. The Hall–Kier alpha value is -0.610. The van der Waals surface area contributed by atoms with Crippen LogP contribution in [0.4, 0.5) is 0 Å². The number of nitrogens with one attached hydrogen (secondary N) is 1. The van der Waals surface area contributed by atoms with Crippen LogP contribution in [0.25, 0.3) is 0 Å². The zero-order chi connectivity index (χ0) is 14.1. The smallest absolute Gasteiger partial charge is 0.325 e. The van der Waals surface area contributed by atoms with Gasteiger partial charge in [0.25, 0.3) is 0 Å². The van der Waals surface area contributed by atoms with Crippen molar-refractivity contribution in [2.24, 2.45) is 0 Å². The van der Waals surface area contributed by atoms with Crippen molar-refractivity contribution in [3.05, 3.63) is 0 Å². The number of esters is 1. The van der Waals surface area contributed by atoms with E-state index in [1.165, 1.54) is 26.4 Å². The second-order valence-corrected chi connectivity index (χ2v) is 5.63. The molecule has 1 unspecified atom stereocenters. The number of ether oxygens (including phenoxy) is 2. The van der Waals surface area contributed by atoms with Gasteiger partial charge in [0, 0.05) is 6.61 Å². The molecule has 1 N–H and O–H groups in total. The van der Waals surface area contributed by atoms with E-state index in [1.807, 2.05) is 6.92 Å². The third kappa shape index (κ3) is 5.49. The largest absolute Gasteiger partial charge is 0.468 e.